The van der Waals surface area contributed by atoms with Crippen molar-refractivity contribution in [2.75, 3.05) is 26.4 Å². The van der Waals surface area contributed by atoms with E-state index in [0.717, 1.165) is 77.8 Å². The van der Waals surface area contributed by atoms with Gasteiger partial charge < -0.3 is 17.7 Å². The van der Waals surface area contributed by atoms with Gasteiger partial charge in [-0.2, -0.15) is 0 Å². The fraction of sp³-hybridized carbons (Fsp3) is 0.846. The first-order chi connectivity index (χ1) is 15.4. The Morgan fingerprint density at radius 2 is 0.781 bits per heavy atom. The lowest BCUT2D eigenvalue weighted by Gasteiger charge is -2.42. The lowest BCUT2D eigenvalue weighted by atomic mass is 10.3. The van der Waals surface area contributed by atoms with E-state index in [4.69, 9.17) is 17.7 Å². The molecule has 6 heteroatoms. The van der Waals surface area contributed by atoms with Crippen molar-refractivity contribution in [1.29, 1.82) is 0 Å². The molecule has 0 heterocycles. The van der Waals surface area contributed by atoms with Gasteiger partial charge >= 0.3 is 17.1 Å². The first kappa shape index (κ1) is 31.8. The van der Waals surface area contributed by atoms with Gasteiger partial charge in [-0.1, -0.05) is 79.4 Å². The van der Waals surface area contributed by atoms with Gasteiger partial charge in [0.1, 0.15) is 0 Å². The number of unbranched alkanes of at least 4 members (excludes halogenated alkanes) is 4. The van der Waals surface area contributed by atoms with Gasteiger partial charge in [-0.15, -0.1) is 0 Å². The maximum absolute atomic E-state index is 6.68. The molecule has 0 amide bonds. The minimum Gasteiger partial charge on any atom is -0.391 e. The third-order valence-corrected chi connectivity index (χ3v) is 14.2. The zero-order valence-electron chi connectivity index (χ0n) is 22.6. The maximum Gasteiger partial charge on any atom is 0.367 e. The average Bonchev–Trinajstić information content (AvgIpc) is 2.78. The van der Waals surface area contributed by atoms with Gasteiger partial charge in [-0.25, -0.2) is 0 Å². The molecule has 0 aliphatic rings. The molecule has 0 saturated carbocycles. The highest BCUT2D eigenvalue weighted by molar-refractivity contribution is 6.80. The monoisotopic (exact) mass is 486 g/mol. The van der Waals surface area contributed by atoms with Crippen LogP contribution in [0.15, 0.2) is 23.6 Å². The van der Waals surface area contributed by atoms with Crippen molar-refractivity contribution in [2.45, 2.75) is 118 Å². The Balaban J connectivity index is 6.08. The topological polar surface area (TPSA) is 36.9 Å². The summed E-state index contributed by atoms with van der Waals surface area (Å²) in [5, 5.41) is 0. The van der Waals surface area contributed by atoms with Crippen LogP contribution in [0, 0.1) is 0 Å². The molecule has 0 aromatic heterocycles. The lowest BCUT2D eigenvalue weighted by Crippen LogP contribution is -2.54. The molecule has 0 aliphatic carbocycles. The first-order valence-electron chi connectivity index (χ1n) is 13.3. The minimum absolute atomic E-state index is 0.221. The van der Waals surface area contributed by atoms with Crippen LogP contribution < -0.4 is 0 Å². The Bertz CT molecular complexity index is 432. The molecule has 0 aliphatic heterocycles. The Morgan fingerprint density at radius 1 is 0.531 bits per heavy atom. The standard InChI is InChI=1S/C26H54O4Si2/c1-9-15-19-27-31(23-13-5,28-20-16-10-2)25(7)26(8)32(24-14-6,29-21-17-11-3)30-22-18-12-4/h13-14,23-26H,9-12,15-22H2,1-8H3. The predicted octanol–water partition coefficient (Wildman–Crippen LogP) is 8.15. The molecule has 2 unspecified atom stereocenters. The molecular formula is C26H54O4Si2. The second-order valence-electron chi connectivity index (χ2n) is 8.83. The van der Waals surface area contributed by atoms with Gasteiger partial charge in [0.05, 0.1) is 0 Å². The van der Waals surface area contributed by atoms with E-state index >= 15 is 0 Å². The number of allylic oxidation sites excluding steroid dienone is 2. The Kier molecular flexibility index (Phi) is 19.0. The third kappa shape index (κ3) is 10.8. The first-order valence-corrected chi connectivity index (χ1v) is 17.2. The summed E-state index contributed by atoms with van der Waals surface area (Å²) in [5.41, 5.74) is 4.95. The number of hydrogen-bond acceptors (Lipinski definition) is 4. The highest BCUT2D eigenvalue weighted by Gasteiger charge is 2.53. The van der Waals surface area contributed by atoms with Crippen molar-refractivity contribution < 1.29 is 17.7 Å². The second kappa shape index (κ2) is 19.1. The van der Waals surface area contributed by atoms with Crippen molar-refractivity contribution in [3.8, 4) is 0 Å². The van der Waals surface area contributed by atoms with Crippen LogP contribution in [0.3, 0.4) is 0 Å². The Morgan fingerprint density at radius 3 is 0.969 bits per heavy atom. The van der Waals surface area contributed by atoms with Crippen molar-refractivity contribution in [1.82, 2.24) is 0 Å². The van der Waals surface area contributed by atoms with Gasteiger partial charge in [0.25, 0.3) is 0 Å². The molecule has 0 radical (unpaired) electrons. The van der Waals surface area contributed by atoms with Crippen LogP contribution in [-0.4, -0.2) is 43.5 Å². The molecule has 0 aromatic rings. The molecule has 4 nitrogen and oxygen atoms in total. The van der Waals surface area contributed by atoms with Crippen molar-refractivity contribution in [2.24, 2.45) is 0 Å². The van der Waals surface area contributed by atoms with E-state index in [-0.39, 0.29) is 11.1 Å². The normalized spacial score (nSPS) is 15.1. The maximum atomic E-state index is 6.68. The van der Waals surface area contributed by atoms with Crippen LogP contribution in [0.4, 0.5) is 0 Å². The summed E-state index contributed by atoms with van der Waals surface area (Å²) in [6, 6.07) is 0. The summed E-state index contributed by atoms with van der Waals surface area (Å²) in [4.78, 5) is 0. The van der Waals surface area contributed by atoms with Crippen LogP contribution in [0.5, 0.6) is 0 Å². The molecule has 0 N–H and O–H groups in total. The van der Waals surface area contributed by atoms with Crippen molar-refractivity contribution in [3.63, 3.8) is 0 Å². The highest BCUT2D eigenvalue weighted by atomic mass is 28.4. The van der Waals surface area contributed by atoms with Crippen LogP contribution in [0.25, 0.3) is 0 Å². The molecule has 0 spiro atoms. The highest BCUT2D eigenvalue weighted by Crippen LogP contribution is 2.43. The average molecular weight is 487 g/mol. The SMILES string of the molecule is CC=C[Si](OCCCC)(OCCCC)C(C)C(C)[Si](C=CC)(OCCCC)OCCCC. The summed E-state index contributed by atoms with van der Waals surface area (Å²) in [5.74, 6) is 0. The van der Waals surface area contributed by atoms with Gasteiger partial charge in [0.15, 0.2) is 0 Å². The second-order valence-corrected chi connectivity index (χ2v) is 15.4. The quantitative estimate of drug-likeness (QED) is 0.121. The van der Waals surface area contributed by atoms with Crippen LogP contribution in [0.1, 0.15) is 107 Å². The molecule has 0 aromatic carbocycles. The summed E-state index contributed by atoms with van der Waals surface area (Å²) in [7, 11) is -5.22. The Hall–Kier alpha value is -0.246. The fourth-order valence-electron chi connectivity index (χ4n) is 3.77. The molecular weight excluding hydrogens is 432 g/mol. The van der Waals surface area contributed by atoms with Crippen LogP contribution in [0.2, 0.25) is 11.1 Å². The zero-order valence-corrected chi connectivity index (χ0v) is 24.6. The van der Waals surface area contributed by atoms with Crippen molar-refractivity contribution >= 4 is 17.1 Å². The van der Waals surface area contributed by atoms with E-state index in [1.165, 1.54) is 0 Å². The molecule has 0 saturated heterocycles. The Labute approximate surface area is 202 Å². The summed E-state index contributed by atoms with van der Waals surface area (Å²) >= 11 is 0. The predicted molar refractivity (Wildman–Crippen MR) is 143 cm³/mol. The smallest absolute Gasteiger partial charge is 0.367 e. The van der Waals surface area contributed by atoms with E-state index in [1.54, 1.807) is 0 Å². The van der Waals surface area contributed by atoms with E-state index in [2.05, 4.69) is 78.9 Å². The summed E-state index contributed by atoms with van der Waals surface area (Å²) < 4.78 is 26.7. The number of hydrogen-bond donors (Lipinski definition) is 0. The van der Waals surface area contributed by atoms with E-state index < -0.39 is 17.1 Å². The van der Waals surface area contributed by atoms with E-state index in [9.17, 15) is 0 Å². The zero-order chi connectivity index (χ0) is 24.3. The minimum atomic E-state index is -2.61. The fourth-order valence-corrected chi connectivity index (χ4v) is 11.6. The van der Waals surface area contributed by atoms with Gasteiger partial charge in [0, 0.05) is 37.5 Å². The van der Waals surface area contributed by atoms with Crippen LogP contribution >= 0.6 is 0 Å². The van der Waals surface area contributed by atoms with Gasteiger partial charge in [0.2, 0.25) is 0 Å². The molecule has 0 fully saturated rings. The number of rotatable bonds is 21. The molecule has 0 bridgehead atoms. The molecule has 2 atom stereocenters. The summed E-state index contributed by atoms with van der Waals surface area (Å²) in [6.07, 6.45) is 13.0. The lowest BCUT2D eigenvalue weighted by molar-refractivity contribution is 0.147. The molecule has 190 valence electrons. The van der Waals surface area contributed by atoms with Crippen LogP contribution in [-0.2, 0) is 17.7 Å². The van der Waals surface area contributed by atoms with Gasteiger partial charge in [-0.05, 0) is 50.9 Å². The summed E-state index contributed by atoms with van der Waals surface area (Å²) in [6.45, 7) is 20.6. The molecule has 32 heavy (non-hydrogen) atoms. The third-order valence-electron chi connectivity index (χ3n) is 6.12. The van der Waals surface area contributed by atoms with E-state index in [0.29, 0.717) is 0 Å². The van der Waals surface area contributed by atoms with Crippen molar-refractivity contribution in [3.05, 3.63) is 23.6 Å². The van der Waals surface area contributed by atoms with E-state index in [1.807, 2.05) is 0 Å². The van der Waals surface area contributed by atoms with Gasteiger partial charge in [-0.3, -0.25) is 0 Å². The molecule has 0 rings (SSSR count). The largest absolute Gasteiger partial charge is 0.391 e.